The molecule has 72 valence electrons. The Morgan fingerprint density at radius 3 is 2.42 bits per heavy atom. The zero-order chi connectivity index (χ0) is 9.14. The van der Waals surface area contributed by atoms with Crippen LogP contribution in [0.5, 0.6) is 0 Å². The summed E-state index contributed by atoms with van der Waals surface area (Å²) in [5.74, 6) is 1.75. The van der Waals surface area contributed by atoms with Gasteiger partial charge in [-0.3, -0.25) is 4.90 Å². The summed E-state index contributed by atoms with van der Waals surface area (Å²) in [7, 11) is 0. The smallest absolute Gasteiger partial charge is 0.0116 e. The molecule has 1 heteroatoms. The van der Waals surface area contributed by atoms with Crippen LogP contribution in [0, 0.1) is 11.8 Å². The SMILES string of the molecule is CCC(C(C)C)N1CCC(C)C1. The van der Waals surface area contributed by atoms with Crippen molar-refractivity contribution in [1.29, 1.82) is 0 Å². The summed E-state index contributed by atoms with van der Waals surface area (Å²) in [6.07, 6.45) is 2.72. The Labute approximate surface area is 77.1 Å². The predicted molar refractivity (Wildman–Crippen MR) is 54.3 cm³/mol. The van der Waals surface area contributed by atoms with Crippen LogP contribution in [0.15, 0.2) is 0 Å². The highest BCUT2D eigenvalue weighted by molar-refractivity contribution is 4.80. The highest BCUT2D eigenvalue weighted by atomic mass is 15.2. The van der Waals surface area contributed by atoms with Crippen LogP contribution in [0.1, 0.15) is 40.5 Å². The molecular formula is C11H23N. The molecule has 0 aromatic carbocycles. The fourth-order valence-corrected chi connectivity index (χ4v) is 2.42. The van der Waals surface area contributed by atoms with E-state index in [1.165, 1.54) is 25.9 Å². The second-order valence-corrected chi connectivity index (χ2v) is 4.61. The summed E-state index contributed by atoms with van der Waals surface area (Å²) in [5, 5.41) is 0. The molecule has 0 amide bonds. The Morgan fingerprint density at radius 1 is 1.42 bits per heavy atom. The van der Waals surface area contributed by atoms with Crippen LogP contribution in [-0.4, -0.2) is 24.0 Å². The molecule has 0 bridgehead atoms. The third kappa shape index (κ3) is 2.22. The highest BCUT2D eigenvalue weighted by Gasteiger charge is 2.26. The fraction of sp³-hybridized carbons (Fsp3) is 1.00. The van der Waals surface area contributed by atoms with E-state index in [9.17, 15) is 0 Å². The van der Waals surface area contributed by atoms with Gasteiger partial charge in [0.1, 0.15) is 0 Å². The first kappa shape index (κ1) is 10.0. The van der Waals surface area contributed by atoms with Gasteiger partial charge >= 0.3 is 0 Å². The maximum Gasteiger partial charge on any atom is 0.0116 e. The molecule has 0 aliphatic carbocycles. The predicted octanol–water partition coefficient (Wildman–Crippen LogP) is 2.76. The zero-order valence-corrected chi connectivity index (χ0v) is 9.01. The van der Waals surface area contributed by atoms with Crippen LogP contribution >= 0.6 is 0 Å². The zero-order valence-electron chi connectivity index (χ0n) is 9.01. The summed E-state index contributed by atoms with van der Waals surface area (Å²) >= 11 is 0. The van der Waals surface area contributed by atoms with Crippen molar-refractivity contribution in [1.82, 2.24) is 4.90 Å². The van der Waals surface area contributed by atoms with E-state index in [1.807, 2.05) is 0 Å². The Hall–Kier alpha value is -0.0400. The molecule has 2 unspecified atom stereocenters. The molecule has 1 rings (SSSR count). The van der Waals surface area contributed by atoms with E-state index in [0.717, 1.165) is 17.9 Å². The van der Waals surface area contributed by atoms with Crippen molar-refractivity contribution < 1.29 is 0 Å². The second kappa shape index (κ2) is 4.27. The van der Waals surface area contributed by atoms with Gasteiger partial charge in [0.25, 0.3) is 0 Å². The summed E-state index contributed by atoms with van der Waals surface area (Å²) in [6.45, 7) is 12.0. The Balaban J connectivity index is 2.44. The van der Waals surface area contributed by atoms with E-state index < -0.39 is 0 Å². The molecule has 1 fully saturated rings. The van der Waals surface area contributed by atoms with E-state index in [4.69, 9.17) is 0 Å². The molecule has 1 aliphatic rings. The van der Waals surface area contributed by atoms with Crippen molar-refractivity contribution in [3.8, 4) is 0 Å². The van der Waals surface area contributed by atoms with Crippen LogP contribution < -0.4 is 0 Å². The molecule has 1 heterocycles. The van der Waals surface area contributed by atoms with Crippen LogP contribution in [0.3, 0.4) is 0 Å². The van der Waals surface area contributed by atoms with Crippen molar-refractivity contribution in [2.75, 3.05) is 13.1 Å². The molecular weight excluding hydrogens is 146 g/mol. The van der Waals surface area contributed by atoms with Crippen LogP contribution in [0.2, 0.25) is 0 Å². The van der Waals surface area contributed by atoms with E-state index in [0.29, 0.717) is 0 Å². The number of hydrogen-bond acceptors (Lipinski definition) is 1. The third-order valence-electron chi connectivity index (χ3n) is 3.11. The molecule has 0 aromatic heterocycles. The van der Waals surface area contributed by atoms with Crippen molar-refractivity contribution in [2.24, 2.45) is 11.8 Å². The lowest BCUT2D eigenvalue weighted by atomic mass is 10.0. The minimum atomic E-state index is 0.820. The fourth-order valence-electron chi connectivity index (χ4n) is 2.42. The quantitative estimate of drug-likeness (QED) is 0.628. The van der Waals surface area contributed by atoms with E-state index in [2.05, 4.69) is 32.6 Å². The molecule has 12 heavy (non-hydrogen) atoms. The average molecular weight is 169 g/mol. The van der Waals surface area contributed by atoms with Gasteiger partial charge in [0, 0.05) is 12.6 Å². The topological polar surface area (TPSA) is 3.24 Å². The van der Waals surface area contributed by atoms with Crippen LogP contribution in [-0.2, 0) is 0 Å². The maximum absolute atomic E-state index is 2.68. The van der Waals surface area contributed by atoms with Gasteiger partial charge in [-0.15, -0.1) is 0 Å². The maximum atomic E-state index is 2.68. The monoisotopic (exact) mass is 169 g/mol. The lowest BCUT2D eigenvalue weighted by Gasteiger charge is -2.30. The highest BCUT2D eigenvalue weighted by Crippen LogP contribution is 2.23. The second-order valence-electron chi connectivity index (χ2n) is 4.61. The number of likely N-dealkylation sites (tertiary alicyclic amines) is 1. The van der Waals surface area contributed by atoms with E-state index in [1.54, 1.807) is 0 Å². The summed E-state index contributed by atoms with van der Waals surface area (Å²) in [5.41, 5.74) is 0. The van der Waals surface area contributed by atoms with Gasteiger partial charge in [0.15, 0.2) is 0 Å². The van der Waals surface area contributed by atoms with Crippen molar-refractivity contribution in [2.45, 2.75) is 46.6 Å². The number of nitrogens with zero attached hydrogens (tertiary/aromatic N) is 1. The van der Waals surface area contributed by atoms with Gasteiger partial charge in [-0.1, -0.05) is 27.7 Å². The van der Waals surface area contributed by atoms with E-state index in [-0.39, 0.29) is 0 Å². The van der Waals surface area contributed by atoms with Gasteiger partial charge in [0.2, 0.25) is 0 Å². The standard InChI is InChI=1S/C11H23N/c1-5-11(9(2)3)12-7-6-10(4)8-12/h9-11H,5-8H2,1-4H3. The summed E-state index contributed by atoms with van der Waals surface area (Å²) < 4.78 is 0. The molecule has 2 atom stereocenters. The van der Waals surface area contributed by atoms with Gasteiger partial charge < -0.3 is 0 Å². The molecule has 0 spiro atoms. The van der Waals surface area contributed by atoms with Crippen LogP contribution in [0.25, 0.3) is 0 Å². The first-order chi connectivity index (χ1) is 5.65. The lowest BCUT2D eigenvalue weighted by Crippen LogP contribution is -2.36. The average Bonchev–Trinajstić information content (AvgIpc) is 2.37. The number of hydrogen-bond donors (Lipinski definition) is 0. The largest absolute Gasteiger partial charge is 0.300 e. The van der Waals surface area contributed by atoms with Crippen molar-refractivity contribution >= 4 is 0 Å². The third-order valence-corrected chi connectivity index (χ3v) is 3.11. The molecule has 0 aromatic rings. The van der Waals surface area contributed by atoms with Gasteiger partial charge in [0.05, 0.1) is 0 Å². The lowest BCUT2D eigenvalue weighted by molar-refractivity contribution is 0.181. The van der Waals surface area contributed by atoms with E-state index >= 15 is 0 Å². The molecule has 0 saturated carbocycles. The molecule has 0 radical (unpaired) electrons. The van der Waals surface area contributed by atoms with Crippen molar-refractivity contribution in [3.63, 3.8) is 0 Å². The molecule has 1 aliphatic heterocycles. The Morgan fingerprint density at radius 2 is 2.08 bits per heavy atom. The van der Waals surface area contributed by atoms with Gasteiger partial charge in [-0.2, -0.15) is 0 Å². The molecule has 0 N–H and O–H groups in total. The minimum Gasteiger partial charge on any atom is -0.300 e. The molecule has 1 saturated heterocycles. The first-order valence-electron chi connectivity index (χ1n) is 5.39. The Bertz CT molecular complexity index is 131. The number of rotatable bonds is 3. The molecule has 1 nitrogen and oxygen atoms in total. The van der Waals surface area contributed by atoms with Gasteiger partial charge in [-0.25, -0.2) is 0 Å². The summed E-state index contributed by atoms with van der Waals surface area (Å²) in [4.78, 5) is 2.68. The first-order valence-corrected chi connectivity index (χ1v) is 5.39. The van der Waals surface area contributed by atoms with Crippen LogP contribution in [0.4, 0.5) is 0 Å². The van der Waals surface area contributed by atoms with Crippen molar-refractivity contribution in [3.05, 3.63) is 0 Å². The van der Waals surface area contributed by atoms with Gasteiger partial charge in [-0.05, 0) is 31.2 Å². The Kier molecular flexibility index (Phi) is 3.57. The summed E-state index contributed by atoms with van der Waals surface area (Å²) in [6, 6.07) is 0.829. The minimum absolute atomic E-state index is 0.820. The normalized spacial score (nSPS) is 28.2.